The Labute approximate surface area is 104 Å². The Kier molecular flexibility index (Phi) is 3.72. The molecule has 2 aromatic rings. The second-order valence-corrected chi connectivity index (χ2v) is 3.95. The van der Waals surface area contributed by atoms with Crippen LogP contribution in [0.25, 0.3) is 0 Å². The van der Waals surface area contributed by atoms with Gasteiger partial charge in [-0.15, -0.1) is 10.2 Å². The lowest BCUT2D eigenvalue weighted by Crippen LogP contribution is -2.08. The van der Waals surface area contributed by atoms with E-state index in [9.17, 15) is 4.79 Å². The number of hydrogen-bond acceptors (Lipinski definition) is 4. The number of aliphatic carboxylic acids is 1. The van der Waals surface area contributed by atoms with Gasteiger partial charge in [-0.1, -0.05) is 37.3 Å². The summed E-state index contributed by atoms with van der Waals surface area (Å²) in [5, 5.41) is 16.8. The lowest BCUT2D eigenvalue weighted by Gasteiger charge is -2.10. The molecular weight excluding hydrogens is 232 g/mol. The predicted molar refractivity (Wildman–Crippen MR) is 64.2 cm³/mol. The molecular formula is C13H14N2O3. The third kappa shape index (κ3) is 2.74. The first kappa shape index (κ1) is 12.3. The molecule has 0 amide bonds. The SMILES string of the molecule is CCc1nnc(C(CC(=O)O)c2ccccc2)o1. The topological polar surface area (TPSA) is 76.2 Å². The molecule has 0 aliphatic carbocycles. The van der Waals surface area contributed by atoms with Gasteiger partial charge in [0, 0.05) is 6.42 Å². The van der Waals surface area contributed by atoms with E-state index in [1.54, 1.807) is 0 Å². The molecule has 0 radical (unpaired) electrons. The standard InChI is InChI=1S/C13H14N2O3/c1-2-11-14-15-13(18-11)10(8-12(16)17)9-6-4-3-5-7-9/h3-7,10H,2,8H2,1H3,(H,16,17). The molecule has 2 rings (SSSR count). The summed E-state index contributed by atoms with van der Waals surface area (Å²) in [5.74, 6) is -0.395. The van der Waals surface area contributed by atoms with Crippen molar-refractivity contribution >= 4 is 5.97 Å². The molecule has 1 unspecified atom stereocenters. The number of hydrogen-bond donors (Lipinski definition) is 1. The maximum Gasteiger partial charge on any atom is 0.304 e. The van der Waals surface area contributed by atoms with Crippen LogP contribution in [0.4, 0.5) is 0 Å². The molecule has 0 aliphatic heterocycles. The van der Waals surface area contributed by atoms with Crippen LogP contribution in [0.5, 0.6) is 0 Å². The molecule has 0 saturated heterocycles. The minimum Gasteiger partial charge on any atom is -0.481 e. The van der Waals surface area contributed by atoms with E-state index < -0.39 is 11.9 Å². The van der Waals surface area contributed by atoms with E-state index in [2.05, 4.69) is 10.2 Å². The van der Waals surface area contributed by atoms with Gasteiger partial charge in [0.15, 0.2) is 0 Å². The second-order valence-electron chi connectivity index (χ2n) is 3.95. The lowest BCUT2D eigenvalue weighted by molar-refractivity contribution is -0.137. The van der Waals surface area contributed by atoms with Crippen molar-refractivity contribution in [1.29, 1.82) is 0 Å². The second kappa shape index (κ2) is 5.44. The minimum absolute atomic E-state index is 0.0602. The molecule has 0 bridgehead atoms. The largest absolute Gasteiger partial charge is 0.481 e. The highest BCUT2D eigenvalue weighted by Gasteiger charge is 2.23. The zero-order valence-electron chi connectivity index (χ0n) is 10.0. The summed E-state index contributed by atoms with van der Waals surface area (Å²) >= 11 is 0. The highest BCUT2D eigenvalue weighted by atomic mass is 16.4. The van der Waals surface area contributed by atoms with Gasteiger partial charge in [0.25, 0.3) is 0 Å². The molecule has 0 fully saturated rings. The Bertz CT molecular complexity index is 522. The third-order valence-corrected chi connectivity index (χ3v) is 2.66. The Morgan fingerprint density at radius 1 is 1.33 bits per heavy atom. The number of nitrogens with zero attached hydrogens (tertiary/aromatic N) is 2. The number of aromatic nitrogens is 2. The summed E-state index contributed by atoms with van der Waals surface area (Å²) in [5.41, 5.74) is 0.867. The van der Waals surface area contributed by atoms with Gasteiger partial charge in [-0.05, 0) is 5.56 Å². The van der Waals surface area contributed by atoms with E-state index >= 15 is 0 Å². The van der Waals surface area contributed by atoms with Gasteiger partial charge in [-0.3, -0.25) is 4.79 Å². The van der Waals surface area contributed by atoms with Crippen molar-refractivity contribution in [2.45, 2.75) is 25.7 Å². The van der Waals surface area contributed by atoms with Gasteiger partial charge in [0.05, 0.1) is 12.3 Å². The molecule has 0 aliphatic rings. The molecule has 1 heterocycles. The molecule has 1 atom stereocenters. The van der Waals surface area contributed by atoms with Crippen LogP contribution < -0.4 is 0 Å². The summed E-state index contributed by atoms with van der Waals surface area (Å²) < 4.78 is 5.46. The van der Waals surface area contributed by atoms with E-state index in [-0.39, 0.29) is 6.42 Å². The van der Waals surface area contributed by atoms with Crippen LogP contribution in [0.3, 0.4) is 0 Å². The molecule has 1 aromatic heterocycles. The minimum atomic E-state index is -0.889. The molecule has 0 spiro atoms. The van der Waals surface area contributed by atoms with Crippen molar-refractivity contribution < 1.29 is 14.3 Å². The molecule has 1 N–H and O–H groups in total. The fourth-order valence-corrected chi connectivity index (χ4v) is 1.76. The van der Waals surface area contributed by atoms with Crippen molar-refractivity contribution in [2.24, 2.45) is 0 Å². The van der Waals surface area contributed by atoms with Gasteiger partial charge in [-0.2, -0.15) is 0 Å². The van der Waals surface area contributed by atoms with Gasteiger partial charge in [0.1, 0.15) is 0 Å². The van der Waals surface area contributed by atoms with Gasteiger partial charge >= 0.3 is 5.97 Å². The van der Waals surface area contributed by atoms with Crippen molar-refractivity contribution in [3.05, 3.63) is 47.7 Å². The van der Waals surface area contributed by atoms with Gasteiger partial charge < -0.3 is 9.52 Å². The Morgan fingerprint density at radius 3 is 2.61 bits per heavy atom. The summed E-state index contributed by atoms with van der Waals surface area (Å²) in [6, 6.07) is 9.34. The fourth-order valence-electron chi connectivity index (χ4n) is 1.76. The Balaban J connectivity index is 2.33. The number of rotatable bonds is 5. The first-order valence-electron chi connectivity index (χ1n) is 5.79. The maximum absolute atomic E-state index is 10.9. The highest BCUT2D eigenvalue weighted by Crippen LogP contribution is 2.26. The number of aryl methyl sites for hydroxylation is 1. The number of carbonyl (C=O) groups is 1. The quantitative estimate of drug-likeness (QED) is 0.875. The average molecular weight is 246 g/mol. The lowest BCUT2D eigenvalue weighted by atomic mass is 9.96. The molecule has 1 aromatic carbocycles. The van der Waals surface area contributed by atoms with E-state index in [0.717, 1.165) is 5.56 Å². The van der Waals surface area contributed by atoms with Crippen LogP contribution in [-0.2, 0) is 11.2 Å². The van der Waals surface area contributed by atoms with Crippen molar-refractivity contribution in [2.75, 3.05) is 0 Å². The van der Waals surface area contributed by atoms with Gasteiger partial charge in [0.2, 0.25) is 11.8 Å². The molecule has 5 heteroatoms. The molecule has 18 heavy (non-hydrogen) atoms. The molecule has 0 saturated carbocycles. The Morgan fingerprint density at radius 2 is 2.06 bits per heavy atom. The summed E-state index contributed by atoms with van der Waals surface area (Å²) in [4.78, 5) is 10.9. The number of benzene rings is 1. The van der Waals surface area contributed by atoms with Crippen LogP contribution in [0.1, 0.15) is 36.6 Å². The highest BCUT2D eigenvalue weighted by molar-refractivity contribution is 5.68. The van der Waals surface area contributed by atoms with E-state index in [1.165, 1.54) is 0 Å². The van der Waals surface area contributed by atoms with Crippen LogP contribution in [0.2, 0.25) is 0 Å². The maximum atomic E-state index is 10.9. The summed E-state index contributed by atoms with van der Waals surface area (Å²) in [7, 11) is 0. The van der Waals surface area contributed by atoms with Crippen molar-refractivity contribution in [3.63, 3.8) is 0 Å². The third-order valence-electron chi connectivity index (χ3n) is 2.66. The molecule has 5 nitrogen and oxygen atoms in total. The van der Waals surface area contributed by atoms with Gasteiger partial charge in [-0.25, -0.2) is 0 Å². The van der Waals surface area contributed by atoms with Crippen LogP contribution in [0.15, 0.2) is 34.7 Å². The summed E-state index contributed by atoms with van der Waals surface area (Å²) in [6.07, 6.45) is 0.580. The van der Waals surface area contributed by atoms with Crippen molar-refractivity contribution in [1.82, 2.24) is 10.2 Å². The van der Waals surface area contributed by atoms with E-state index in [0.29, 0.717) is 18.2 Å². The normalized spacial score (nSPS) is 12.3. The molecule has 94 valence electrons. The monoisotopic (exact) mass is 246 g/mol. The first-order chi connectivity index (χ1) is 8.70. The zero-order chi connectivity index (χ0) is 13.0. The fraction of sp³-hybridized carbons (Fsp3) is 0.308. The van der Waals surface area contributed by atoms with E-state index in [4.69, 9.17) is 9.52 Å². The van der Waals surface area contributed by atoms with Crippen molar-refractivity contribution in [3.8, 4) is 0 Å². The van der Waals surface area contributed by atoms with E-state index in [1.807, 2.05) is 37.3 Å². The first-order valence-corrected chi connectivity index (χ1v) is 5.79. The van der Waals surface area contributed by atoms with Crippen LogP contribution >= 0.6 is 0 Å². The van der Waals surface area contributed by atoms with Crippen LogP contribution in [0, 0.1) is 0 Å². The number of carboxylic acids is 1. The van der Waals surface area contributed by atoms with Crippen LogP contribution in [-0.4, -0.2) is 21.3 Å². The smallest absolute Gasteiger partial charge is 0.304 e. The zero-order valence-corrected chi connectivity index (χ0v) is 10.0. The predicted octanol–water partition coefficient (Wildman–Crippen LogP) is 2.24. The Hall–Kier alpha value is -2.17. The number of carboxylic acid groups (broad SMARTS) is 1. The average Bonchev–Trinajstić information content (AvgIpc) is 2.85. The summed E-state index contributed by atoms with van der Waals surface area (Å²) in [6.45, 7) is 1.91.